The minimum Gasteiger partial charge on any atom is -0.340 e. The number of hydrogen-bond acceptors (Lipinski definition) is 4. The van der Waals surface area contributed by atoms with Crippen LogP contribution in [0.4, 0.5) is 0 Å². The molecule has 30 heavy (non-hydrogen) atoms. The van der Waals surface area contributed by atoms with E-state index >= 15 is 0 Å². The molecule has 0 N–H and O–H groups in total. The minimum atomic E-state index is 0.249. The van der Waals surface area contributed by atoms with Gasteiger partial charge in [0.05, 0.1) is 11.4 Å². The van der Waals surface area contributed by atoms with Crippen LogP contribution >= 0.6 is 0 Å². The van der Waals surface area contributed by atoms with Crippen LogP contribution in [-0.4, -0.2) is 56.7 Å². The van der Waals surface area contributed by atoms with Crippen LogP contribution < -0.4 is 0 Å². The Balaban J connectivity index is 1.24. The van der Waals surface area contributed by atoms with Gasteiger partial charge in [-0.1, -0.05) is 18.2 Å². The Morgan fingerprint density at radius 3 is 2.40 bits per heavy atom. The molecule has 1 aliphatic heterocycles. The number of pyridine rings is 1. The molecule has 156 valence electrons. The first-order valence-electron chi connectivity index (χ1n) is 10.6. The molecule has 6 nitrogen and oxygen atoms in total. The molecule has 0 aliphatic carbocycles. The molecule has 4 rings (SSSR count). The van der Waals surface area contributed by atoms with Gasteiger partial charge in [0.25, 0.3) is 0 Å². The summed E-state index contributed by atoms with van der Waals surface area (Å²) >= 11 is 0. The summed E-state index contributed by atoms with van der Waals surface area (Å²) in [6.45, 7) is 8.39. The molecular weight excluding hydrogens is 374 g/mol. The lowest BCUT2D eigenvalue weighted by molar-refractivity contribution is -0.133. The maximum absolute atomic E-state index is 12.7. The molecule has 1 aromatic carbocycles. The van der Waals surface area contributed by atoms with E-state index in [1.165, 1.54) is 11.1 Å². The molecule has 0 saturated carbocycles. The monoisotopic (exact) mass is 403 g/mol. The Labute approximate surface area is 178 Å². The van der Waals surface area contributed by atoms with Gasteiger partial charge in [-0.15, -0.1) is 0 Å². The van der Waals surface area contributed by atoms with Gasteiger partial charge in [-0.25, -0.2) is 4.68 Å². The van der Waals surface area contributed by atoms with E-state index in [0.29, 0.717) is 6.42 Å². The Kier molecular flexibility index (Phi) is 6.23. The fourth-order valence-electron chi connectivity index (χ4n) is 4.01. The normalized spacial score (nSPS) is 14.8. The molecule has 3 heterocycles. The minimum absolute atomic E-state index is 0.249. The van der Waals surface area contributed by atoms with Gasteiger partial charge in [0.1, 0.15) is 0 Å². The quantitative estimate of drug-likeness (QED) is 0.634. The molecule has 0 spiro atoms. The van der Waals surface area contributed by atoms with Crippen molar-refractivity contribution < 1.29 is 4.79 Å². The third-order valence-corrected chi connectivity index (χ3v) is 5.67. The van der Waals surface area contributed by atoms with E-state index in [2.05, 4.69) is 58.3 Å². The van der Waals surface area contributed by atoms with Crippen LogP contribution in [0.3, 0.4) is 0 Å². The fraction of sp³-hybridized carbons (Fsp3) is 0.375. The van der Waals surface area contributed by atoms with Gasteiger partial charge in [-0.05, 0) is 55.7 Å². The number of carbonyl (C=O) groups excluding carboxylic acids is 1. The zero-order valence-corrected chi connectivity index (χ0v) is 17.8. The van der Waals surface area contributed by atoms with Crippen LogP contribution in [-0.2, 0) is 17.8 Å². The van der Waals surface area contributed by atoms with E-state index in [-0.39, 0.29) is 5.91 Å². The summed E-state index contributed by atoms with van der Waals surface area (Å²) in [5.74, 6) is 0.249. The van der Waals surface area contributed by atoms with E-state index in [0.717, 1.165) is 56.2 Å². The third-order valence-electron chi connectivity index (χ3n) is 5.67. The molecule has 2 aromatic heterocycles. The lowest BCUT2D eigenvalue weighted by Crippen LogP contribution is -2.48. The number of aryl methyl sites for hydroxylation is 3. The maximum Gasteiger partial charge on any atom is 0.222 e. The smallest absolute Gasteiger partial charge is 0.222 e. The molecule has 3 aromatic rings. The predicted octanol–water partition coefficient (Wildman–Crippen LogP) is 3.16. The van der Waals surface area contributed by atoms with Crippen molar-refractivity contribution >= 4 is 5.91 Å². The number of amides is 1. The molecule has 1 saturated heterocycles. The number of piperazine rings is 1. The van der Waals surface area contributed by atoms with Crippen molar-refractivity contribution in [3.05, 3.63) is 77.4 Å². The molecule has 1 aliphatic rings. The van der Waals surface area contributed by atoms with Crippen molar-refractivity contribution in [1.82, 2.24) is 24.6 Å². The summed E-state index contributed by atoms with van der Waals surface area (Å²) in [7, 11) is 0. The first-order chi connectivity index (χ1) is 14.6. The lowest BCUT2D eigenvalue weighted by atomic mass is 10.1. The van der Waals surface area contributed by atoms with Gasteiger partial charge in [0.2, 0.25) is 5.91 Å². The van der Waals surface area contributed by atoms with Gasteiger partial charge >= 0.3 is 0 Å². The second-order valence-electron chi connectivity index (χ2n) is 8.02. The average Bonchev–Trinajstić information content (AvgIpc) is 3.11. The molecule has 6 heteroatoms. The van der Waals surface area contributed by atoms with Crippen molar-refractivity contribution in [1.29, 1.82) is 0 Å². The summed E-state index contributed by atoms with van der Waals surface area (Å²) in [6.07, 6.45) is 5.04. The zero-order chi connectivity index (χ0) is 20.9. The van der Waals surface area contributed by atoms with Gasteiger partial charge in [-0.2, -0.15) is 5.10 Å². The zero-order valence-electron chi connectivity index (χ0n) is 17.8. The highest BCUT2D eigenvalue weighted by molar-refractivity contribution is 5.76. The van der Waals surface area contributed by atoms with Crippen molar-refractivity contribution in [3.8, 4) is 5.69 Å². The van der Waals surface area contributed by atoms with Crippen LogP contribution in [0, 0.1) is 13.8 Å². The van der Waals surface area contributed by atoms with Crippen LogP contribution in [0.25, 0.3) is 5.69 Å². The Morgan fingerprint density at radius 1 is 1.00 bits per heavy atom. The molecule has 0 unspecified atom stereocenters. The van der Waals surface area contributed by atoms with Crippen molar-refractivity contribution in [2.75, 3.05) is 26.2 Å². The number of rotatable bonds is 6. The average molecular weight is 404 g/mol. The maximum atomic E-state index is 12.7. The first-order valence-corrected chi connectivity index (χ1v) is 10.6. The van der Waals surface area contributed by atoms with Crippen LogP contribution in [0.2, 0.25) is 0 Å². The van der Waals surface area contributed by atoms with Gasteiger partial charge in [-0.3, -0.25) is 14.7 Å². The number of carbonyl (C=O) groups is 1. The topological polar surface area (TPSA) is 54.3 Å². The molecule has 1 amide bonds. The molecule has 1 fully saturated rings. The predicted molar refractivity (Wildman–Crippen MR) is 117 cm³/mol. The van der Waals surface area contributed by atoms with Crippen molar-refractivity contribution in [2.45, 2.75) is 33.2 Å². The number of aromatic nitrogens is 3. The van der Waals surface area contributed by atoms with E-state index < -0.39 is 0 Å². The molecular formula is C24H29N5O. The Bertz CT molecular complexity index is 973. The van der Waals surface area contributed by atoms with Gasteiger partial charge in [0, 0.05) is 57.2 Å². The third kappa shape index (κ3) is 4.94. The molecule has 0 bridgehead atoms. The summed E-state index contributed by atoms with van der Waals surface area (Å²) in [4.78, 5) is 21.2. The van der Waals surface area contributed by atoms with E-state index in [1.54, 1.807) is 6.20 Å². The standard InChI is InChI=1S/C24H29N5O/c1-19-16-20(2)29(26-19)23-8-5-21(6-9-23)7-10-24(30)28-14-12-27(13-15-28)18-22-4-3-11-25-17-22/h3-6,8-9,11,16-17H,7,10,12-15,18H2,1-2H3. The second-order valence-corrected chi connectivity index (χ2v) is 8.02. The summed E-state index contributed by atoms with van der Waals surface area (Å²) < 4.78 is 1.95. The van der Waals surface area contributed by atoms with Crippen LogP contribution in [0.1, 0.15) is 28.9 Å². The van der Waals surface area contributed by atoms with E-state index in [4.69, 9.17) is 0 Å². The lowest BCUT2D eigenvalue weighted by Gasteiger charge is -2.34. The Hall–Kier alpha value is -2.99. The largest absolute Gasteiger partial charge is 0.340 e. The Morgan fingerprint density at radius 2 is 1.77 bits per heavy atom. The molecule has 0 radical (unpaired) electrons. The summed E-state index contributed by atoms with van der Waals surface area (Å²) in [5.41, 5.74) is 5.60. The second kappa shape index (κ2) is 9.22. The summed E-state index contributed by atoms with van der Waals surface area (Å²) in [6, 6.07) is 14.5. The highest BCUT2D eigenvalue weighted by Gasteiger charge is 2.20. The number of benzene rings is 1. The highest BCUT2D eigenvalue weighted by atomic mass is 16.2. The number of nitrogens with zero attached hydrogens (tertiary/aromatic N) is 5. The van der Waals surface area contributed by atoms with E-state index in [9.17, 15) is 4.79 Å². The van der Waals surface area contributed by atoms with Crippen LogP contribution in [0.5, 0.6) is 0 Å². The number of hydrogen-bond donors (Lipinski definition) is 0. The fourth-order valence-corrected chi connectivity index (χ4v) is 4.01. The van der Waals surface area contributed by atoms with Gasteiger partial charge in [0.15, 0.2) is 0 Å². The van der Waals surface area contributed by atoms with Crippen LogP contribution in [0.15, 0.2) is 54.9 Å². The highest BCUT2D eigenvalue weighted by Crippen LogP contribution is 2.15. The molecule has 0 atom stereocenters. The first kappa shape index (κ1) is 20.3. The van der Waals surface area contributed by atoms with Gasteiger partial charge < -0.3 is 4.90 Å². The van der Waals surface area contributed by atoms with E-state index in [1.807, 2.05) is 28.8 Å². The SMILES string of the molecule is Cc1cc(C)n(-c2ccc(CCC(=O)N3CCN(Cc4cccnc4)CC3)cc2)n1. The van der Waals surface area contributed by atoms with Crippen molar-refractivity contribution in [3.63, 3.8) is 0 Å². The van der Waals surface area contributed by atoms with Crippen molar-refractivity contribution in [2.24, 2.45) is 0 Å². The summed E-state index contributed by atoms with van der Waals surface area (Å²) in [5, 5.41) is 4.53.